The molecule has 158 valence electrons. The Labute approximate surface area is 173 Å². The number of H-pyrrole nitrogens is 1. The summed E-state index contributed by atoms with van der Waals surface area (Å²) in [5, 5.41) is 6.38. The van der Waals surface area contributed by atoms with Crippen LogP contribution in [0.1, 0.15) is 29.8 Å². The first kappa shape index (κ1) is 21.5. The molecule has 0 saturated heterocycles. The summed E-state index contributed by atoms with van der Waals surface area (Å²) < 4.78 is 31.4. The van der Waals surface area contributed by atoms with Gasteiger partial charge in [-0.3, -0.25) is 14.3 Å². The molecule has 1 aromatic heterocycles. The van der Waals surface area contributed by atoms with Crippen LogP contribution in [0, 0.1) is 6.92 Å². The van der Waals surface area contributed by atoms with Crippen molar-refractivity contribution < 1.29 is 17.7 Å². The second-order valence-electron chi connectivity index (χ2n) is 6.54. The Morgan fingerprint density at radius 3 is 2.53 bits per heavy atom. The largest absolute Gasteiger partial charge is 0.439 e. The third kappa shape index (κ3) is 4.34. The molecule has 0 unspecified atom stereocenters. The van der Waals surface area contributed by atoms with Crippen molar-refractivity contribution in [1.82, 2.24) is 14.4 Å². The van der Waals surface area contributed by atoms with Crippen molar-refractivity contribution in [2.75, 3.05) is 18.4 Å². The summed E-state index contributed by atoms with van der Waals surface area (Å²) in [6.07, 6.45) is 0. The van der Waals surface area contributed by atoms with E-state index in [2.05, 4.69) is 20.0 Å². The van der Waals surface area contributed by atoms with Crippen molar-refractivity contribution in [2.45, 2.75) is 25.7 Å². The van der Waals surface area contributed by atoms with Gasteiger partial charge in [-0.15, -0.1) is 0 Å². The molecule has 0 radical (unpaired) electrons. The number of rotatable bonds is 7. The maximum atomic E-state index is 12.9. The van der Waals surface area contributed by atoms with E-state index in [4.69, 9.17) is 0 Å². The van der Waals surface area contributed by atoms with E-state index in [1.165, 1.54) is 16.4 Å². The van der Waals surface area contributed by atoms with E-state index in [1.807, 2.05) is 0 Å². The van der Waals surface area contributed by atoms with Gasteiger partial charge in [-0.1, -0.05) is 37.2 Å². The van der Waals surface area contributed by atoms with Crippen molar-refractivity contribution in [3.63, 3.8) is 0 Å². The molecule has 3 rings (SSSR count). The SMILES string of the molecule is CCN(CC)S(=O)(=O)c1ccc(C)c(C(=O)Nc2cccc(-c3noc(=O)[nH]3)c2)c1. The van der Waals surface area contributed by atoms with E-state index < -0.39 is 21.7 Å². The highest BCUT2D eigenvalue weighted by Crippen LogP contribution is 2.22. The van der Waals surface area contributed by atoms with E-state index in [-0.39, 0.29) is 16.3 Å². The zero-order valence-corrected chi connectivity index (χ0v) is 17.6. The van der Waals surface area contributed by atoms with Crippen molar-refractivity contribution in [1.29, 1.82) is 0 Å². The molecule has 3 aromatic rings. The highest BCUT2D eigenvalue weighted by molar-refractivity contribution is 7.89. The summed E-state index contributed by atoms with van der Waals surface area (Å²) >= 11 is 0. The lowest BCUT2D eigenvalue weighted by atomic mass is 10.1. The number of anilines is 1. The van der Waals surface area contributed by atoms with E-state index in [0.717, 1.165) is 0 Å². The number of benzene rings is 2. The number of aryl methyl sites for hydroxylation is 1. The fourth-order valence-electron chi connectivity index (χ4n) is 3.02. The molecule has 0 saturated carbocycles. The Morgan fingerprint density at radius 1 is 1.17 bits per heavy atom. The van der Waals surface area contributed by atoms with Crippen LogP contribution in [0.3, 0.4) is 0 Å². The lowest BCUT2D eigenvalue weighted by Crippen LogP contribution is -2.30. The molecule has 0 bridgehead atoms. The Kier molecular flexibility index (Phi) is 6.18. The molecule has 0 aliphatic carbocycles. The van der Waals surface area contributed by atoms with Gasteiger partial charge in [0.1, 0.15) is 0 Å². The second kappa shape index (κ2) is 8.64. The predicted octanol–water partition coefficient (Wildman–Crippen LogP) is 2.62. The standard InChI is InChI=1S/C20H22N4O5S/c1-4-24(5-2)30(27,28)16-10-9-13(3)17(12-16)19(25)21-15-8-6-7-14(11-15)18-22-20(26)29-23-18/h6-12H,4-5H2,1-3H3,(H,21,25)(H,22,23,26). The van der Waals surface area contributed by atoms with Crippen molar-refractivity contribution in [2.24, 2.45) is 0 Å². The minimum Gasteiger partial charge on any atom is -0.322 e. The van der Waals surface area contributed by atoms with Gasteiger partial charge in [0.15, 0.2) is 5.82 Å². The number of aromatic nitrogens is 2. The molecule has 0 spiro atoms. The van der Waals surface area contributed by atoms with Crippen LogP contribution in [-0.2, 0) is 10.0 Å². The van der Waals surface area contributed by atoms with Gasteiger partial charge in [0.2, 0.25) is 10.0 Å². The van der Waals surface area contributed by atoms with Gasteiger partial charge in [0, 0.05) is 29.9 Å². The highest BCUT2D eigenvalue weighted by atomic mass is 32.2. The van der Waals surface area contributed by atoms with Crippen LogP contribution in [0.2, 0.25) is 0 Å². The van der Waals surface area contributed by atoms with Gasteiger partial charge in [0.05, 0.1) is 4.90 Å². The molecule has 9 nitrogen and oxygen atoms in total. The fourth-order valence-corrected chi connectivity index (χ4v) is 4.50. The second-order valence-corrected chi connectivity index (χ2v) is 8.48. The number of sulfonamides is 1. The van der Waals surface area contributed by atoms with E-state index in [9.17, 15) is 18.0 Å². The molecule has 1 amide bonds. The van der Waals surface area contributed by atoms with E-state index in [1.54, 1.807) is 51.1 Å². The lowest BCUT2D eigenvalue weighted by Gasteiger charge is -2.19. The Bertz CT molecular complexity index is 1230. The van der Waals surface area contributed by atoms with Crippen LogP contribution in [0.4, 0.5) is 5.69 Å². The summed E-state index contributed by atoms with van der Waals surface area (Å²) in [7, 11) is -3.69. The Morgan fingerprint density at radius 2 is 1.90 bits per heavy atom. The number of carbonyl (C=O) groups is 1. The van der Waals surface area contributed by atoms with Gasteiger partial charge in [-0.25, -0.2) is 13.2 Å². The molecular weight excluding hydrogens is 408 g/mol. The maximum absolute atomic E-state index is 12.9. The number of nitrogens with zero attached hydrogens (tertiary/aromatic N) is 2. The first-order valence-electron chi connectivity index (χ1n) is 9.34. The van der Waals surface area contributed by atoms with Crippen LogP contribution in [0.5, 0.6) is 0 Å². The third-order valence-electron chi connectivity index (χ3n) is 4.63. The van der Waals surface area contributed by atoms with Gasteiger partial charge < -0.3 is 5.32 Å². The maximum Gasteiger partial charge on any atom is 0.439 e. The van der Waals surface area contributed by atoms with Gasteiger partial charge in [-0.2, -0.15) is 4.31 Å². The summed E-state index contributed by atoms with van der Waals surface area (Å²) in [4.78, 5) is 26.5. The fraction of sp³-hybridized carbons (Fsp3) is 0.250. The van der Waals surface area contributed by atoms with E-state index in [0.29, 0.717) is 29.9 Å². The first-order valence-corrected chi connectivity index (χ1v) is 10.8. The van der Waals surface area contributed by atoms with Crippen LogP contribution in [0.15, 0.2) is 56.7 Å². The molecular formula is C20H22N4O5S. The number of amides is 1. The molecule has 0 aliphatic rings. The summed E-state index contributed by atoms with van der Waals surface area (Å²) in [5.41, 5.74) is 1.90. The quantitative estimate of drug-likeness (QED) is 0.593. The average molecular weight is 430 g/mol. The number of carbonyl (C=O) groups excluding carboxylic acids is 1. The molecule has 10 heteroatoms. The molecule has 30 heavy (non-hydrogen) atoms. The molecule has 0 aliphatic heterocycles. The minimum atomic E-state index is -3.69. The van der Waals surface area contributed by atoms with Crippen LogP contribution in [-0.4, -0.2) is 41.9 Å². The summed E-state index contributed by atoms with van der Waals surface area (Å²) in [6.45, 7) is 5.94. The number of hydrogen-bond donors (Lipinski definition) is 2. The molecule has 2 aromatic carbocycles. The van der Waals surface area contributed by atoms with Gasteiger partial charge >= 0.3 is 5.76 Å². The third-order valence-corrected chi connectivity index (χ3v) is 6.68. The molecule has 2 N–H and O–H groups in total. The zero-order chi connectivity index (χ0) is 21.9. The minimum absolute atomic E-state index is 0.0656. The van der Waals surface area contributed by atoms with Crippen LogP contribution < -0.4 is 11.1 Å². The number of hydrogen-bond acceptors (Lipinski definition) is 6. The lowest BCUT2D eigenvalue weighted by molar-refractivity contribution is 0.102. The molecule has 0 fully saturated rings. The normalized spacial score (nSPS) is 11.6. The highest BCUT2D eigenvalue weighted by Gasteiger charge is 2.23. The van der Waals surface area contributed by atoms with Crippen molar-refractivity contribution in [3.05, 3.63) is 64.1 Å². The van der Waals surface area contributed by atoms with E-state index >= 15 is 0 Å². The Hall–Kier alpha value is -3.24. The first-order chi connectivity index (χ1) is 14.3. The number of aromatic amines is 1. The van der Waals surface area contributed by atoms with Crippen molar-refractivity contribution in [3.8, 4) is 11.4 Å². The summed E-state index contributed by atoms with van der Waals surface area (Å²) in [6, 6.07) is 11.2. The Balaban J connectivity index is 1.90. The van der Waals surface area contributed by atoms with Gasteiger partial charge in [0.25, 0.3) is 5.91 Å². The average Bonchev–Trinajstić information content (AvgIpc) is 3.15. The molecule has 1 heterocycles. The van der Waals surface area contributed by atoms with Crippen LogP contribution >= 0.6 is 0 Å². The monoisotopic (exact) mass is 430 g/mol. The topological polar surface area (TPSA) is 125 Å². The van der Waals surface area contributed by atoms with Gasteiger partial charge in [-0.05, 0) is 36.8 Å². The summed E-state index contributed by atoms with van der Waals surface area (Å²) in [5.74, 6) is -0.893. The number of nitrogens with one attached hydrogen (secondary N) is 2. The van der Waals surface area contributed by atoms with Crippen LogP contribution in [0.25, 0.3) is 11.4 Å². The molecule has 0 atom stereocenters. The zero-order valence-electron chi connectivity index (χ0n) is 16.8. The smallest absolute Gasteiger partial charge is 0.322 e. The predicted molar refractivity (Wildman–Crippen MR) is 112 cm³/mol. The van der Waals surface area contributed by atoms with Crippen molar-refractivity contribution >= 4 is 21.6 Å².